The quantitative estimate of drug-likeness (QED) is 0.575. The van der Waals surface area contributed by atoms with Crippen LogP contribution in [0.3, 0.4) is 0 Å². The number of nitrogens with one attached hydrogen (secondary N) is 2. The van der Waals surface area contributed by atoms with Gasteiger partial charge < -0.3 is 10.2 Å². The second-order valence-electron chi connectivity index (χ2n) is 5.83. The van der Waals surface area contributed by atoms with E-state index in [1.807, 2.05) is 0 Å². The summed E-state index contributed by atoms with van der Waals surface area (Å²) in [6.45, 7) is -15.0. The van der Waals surface area contributed by atoms with Gasteiger partial charge in [0.05, 0.1) is 9.82 Å². The van der Waals surface area contributed by atoms with Crippen LogP contribution in [0.4, 0.5) is 15.8 Å². The summed E-state index contributed by atoms with van der Waals surface area (Å²) in [5.74, 6) is -7.57. The van der Waals surface area contributed by atoms with Gasteiger partial charge in [-0.2, -0.15) is 0 Å². The number of rotatable bonds is 10. The third kappa shape index (κ3) is 8.67. The Hall–Kier alpha value is -1.71. The number of hydrogen-bond donors (Lipinski definition) is 2. The monoisotopic (exact) mass is 447 g/mol. The average molecular weight is 448 g/mol. The molecule has 2 unspecified atom stereocenters. The lowest BCUT2D eigenvalue weighted by Gasteiger charge is -2.36. The van der Waals surface area contributed by atoms with Crippen molar-refractivity contribution in [2.24, 2.45) is 5.89 Å². The lowest BCUT2D eigenvalue weighted by atomic mass is 10.2. The Bertz CT molecular complexity index is 1450. The Balaban J connectivity index is 2.20. The number of amides is 1. The molecule has 1 aromatic rings. The molecule has 2 rings (SSSR count). The van der Waals surface area contributed by atoms with Crippen LogP contribution in [0.15, 0.2) is 18.1 Å². The first-order valence-corrected chi connectivity index (χ1v) is 9.82. The number of carbonyl (C=O) groups excluding carboxylic acids is 1. The van der Waals surface area contributed by atoms with Gasteiger partial charge in [-0.05, 0) is 43.4 Å². The normalized spacial score (nSPS) is 29.7. The van der Waals surface area contributed by atoms with Crippen LogP contribution < -0.4 is 14.9 Å². The van der Waals surface area contributed by atoms with E-state index in [0.29, 0.717) is 0 Å². The highest BCUT2D eigenvalue weighted by Crippen LogP contribution is 2.23. The second-order valence-corrected chi connectivity index (χ2v) is 7.19. The fourth-order valence-corrected chi connectivity index (χ4v) is 3.11. The zero-order valence-corrected chi connectivity index (χ0v) is 16.0. The fourth-order valence-electron chi connectivity index (χ4n) is 2.50. The van der Waals surface area contributed by atoms with Crippen LogP contribution in [-0.2, 0) is 14.8 Å². The van der Waals surface area contributed by atoms with Crippen molar-refractivity contribution in [2.75, 3.05) is 55.1 Å². The highest BCUT2D eigenvalue weighted by molar-refractivity contribution is 7.89. The maximum Gasteiger partial charge on any atom is 0.221 e. The molecule has 0 radical (unpaired) electrons. The summed E-state index contributed by atoms with van der Waals surface area (Å²) in [6, 6.07) is -2.97. The summed E-state index contributed by atoms with van der Waals surface area (Å²) < 4.78 is 186. The smallest absolute Gasteiger partial charge is 0.221 e. The average Bonchev–Trinajstić information content (AvgIpc) is 2.95. The predicted molar refractivity (Wildman–Crippen MR) is 115 cm³/mol. The molecule has 2 atom stereocenters. The number of anilines is 2. The van der Waals surface area contributed by atoms with E-state index in [1.165, 1.54) is 9.80 Å². The van der Waals surface area contributed by atoms with E-state index in [9.17, 15) is 17.6 Å². The van der Waals surface area contributed by atoms with E-state index in [-0.39, 0.29) is 37.9 Å². The van der Waals surface area contributed by atoms with E-state index >= 15 is 0 Å². The molecule has 7 nitrogen and oxygen atoms in total. The standard InChI is InChI=1S/C20H33FN4O3S/c1-16(2)15-29(27,28)22-6-4-5-7-24-8-10-25(11-9-24)20-13-18(21)12-19(14-20)23-17(3)26/h12-14,16,22H,4-11,15H2,1-3H3,(H,23,26)/i1D3,2D3,3D3,6D,7D,12D,13D,14D,15D2,16D/hD2. The maximum absolute atomic E-state index is 14.8. The van der Waals surface area contributed by atoms with Crippen molar-refractivity contribution < 1.29 is 43.7 Å². The summed E-state index contributed by atoms with van der Waals surface area (Å²) in [7, 11) is -5.90. The molecule has 0 bridgehead atoms. The predicted octanol–water partition coefficient (Wildman–Crippen LogP) is 2.26. The molecule has 0 saturated carbocycles. The van der Waals surface area contributed by atoms with Gasteiger partial charge in [0.15, 0.2) is 1.41 Å². The van der Waals surface area contributed by atoms with Crippen molar-refractivity contribution >= 4 is 27.3 Å². The Morgan fingerprint density at radius 2 is 2.10 bits per heavy atom. The molecule has 1 saturated heterocycles. The Labute approximate surface area is 200 Å². The van der Waals surface area contributed by atoms with Crippen LogP contribution in [0.5, 0.6) is 0 Å². The molecular weight excluding hydrogens is 395 g/mol. The summed E-state index contributed by atoms with van der Waals surface area (Å²) in [5.41, 5.74) is -5.84. The van der Waals surface area contributed by atoms with Crippen LogP contribution >= 0.6 is 0 Å². The van der Waals surface area contributed by atoms with Gasteiger partial charge in [-0.25, -0.2) is 17.5 Å². The largest absolute Gasteiger partial charge is 0.369 e. The van der Waals surface area contributed by atoms with Gasteiger partial charge >= 0.3 is 0 Å². The molecule has 2 N–H and O–H groups in total. The SMILES string of the molecule is [2H]c1c(F)c([2H])c(N([2H])C(=O)C([2H])([2H])[2H])c([2H])c1N1CCN(C([2H])CCC([2H])N([2H])S(=O)(=O)C([2H])([2H])C([2H])(C([2H])([2H])[2H])C([2H])([2H])[2H])CC1. The minimum absolute atomic E-state index is 0.0297. The molecule has 0 aliphatic carbocycles. The van der Waals surface area contributed by atoms with Gasteiger partial charge in [-0.1, -0.05) is 13.7 Å². The van der Waals surface area contributed by atoms with Gasteiger partial charge in [0.2, 0.25) is 15.9 Å². The Morgan fingerprint density at radius 1 is 1.34 bits per heavy atom. The summed E-state index contributed by atoms with van der Waals surface area (Å²) in [4.78, 5) is 14.9. The molecule has 0 spiro atoms. The van der Waals surface area contributed by atoms with Gasteiger partial charge in [-0.15, -0.1) is 0 Å². The van der Waals surface area contributed by atoms with Gasteiger partial charge in [0, 0.05) is 70.1 Å². The van der Waals surface area contributed by atoms with Crippen LogP contribution in [-0.4, -0.2) is 64.2 Å². The van der Waals surface area contributed by atoms with Crippen LogP contribution in [0, 0.1) is 11.7 Å². The number of benzene rings is 1. The highest BCUT2D eigenvalue weighted by atomic mass is 32.2. The molecule has 1 heterocycles. The van der Waals surface area contributed by atoms with Crippen LogP contribution in [0.25, 0.3) is 0 Å². The summed E-state index contributed by atoms with van der Waals surface area (Å²) in [6.07, 6.45) is -0.943. The van der Waals surface area contributed by atoms with E-state index in [0.717, 1.165) is 0 Å². The number of nitrogens with zero attached hydrogens (tertiary/aromatic N) is 2. The van der Waals surface area contributed by atoms with Crippen molar-refractivity contribution in [3.8, 4) is 0 Å². The molecule has 164 valence electrons. The molecule has 29 heavy (non-hydrogen) atoms. The lowest BCUT2D eigenvalue weighted by Crippen LogP contribution is -2.46. The Morgan fingerprint density at radius 3 is 2.79 bits per heavy atom. The minimum Gasteiger partial charge on any atom is -0.369 e. The molecule has 1 aliphatic rings. The van der Waals surface area contributed by atoms with E-state index < -0.39 is 108 Å². The van der Waals surface area contributed by atoms with Crippen LogP contribution in [0.1, 0.15) is 56.7 Å². The number of sulfonamides is 1. The highest BCUT2D eigenvalue weighted by Gasteiger charge is 2.18. The van der Waals surface area contributed by atoms with Gasteiger partial charge in [0.25, 0.3) is 0 Å². The van der Waals surface area contributed by atoms with Crippen molar-refractivity contribution in [3.05, 3.63) is 23.9 Å². The summed E-state index contributed by atoms with van der Waals surface area (Å²) in [5, 5.41) is -0.297. The molecule has 0 aromatic heterocycles. The zero-order chi connectivity index (χ0) is 37.7. The lowest BCUT2D eigenvalue weighted by molar-refractivity contribution is -0.114. The zero-order valence-electron chi connectivity index (χ0n) is 34.2. The molecule has 1 fully saturated rings. The molecule has 1 aliphatic heterocycles. The first-order valence-electron chi connectivity index (χ1n) is 17.9. The second kappa shape index (κ2) is 10.9. The molecule has 9 heteroatoms. The molecule has 1 amide bonds. The van der Waals surface area contributed by atoms with E-state index in [1.54, 1.807) is 0 Å². The van der Waals surface area contributed by atoms with Gasteiger partial charge in [-0.3, -0.25) is 9.69 Å². The number of halogens is 1. The van der Waals surface area contributed by atoms with E-state index in [2.05, 4.69) is 0 Å². The Kier molecular flexibility index (Phi) is 3.17. The summed E-state index contributed by atoms with van der Waals surface area (Å²) >= 11 is 0. The topological polar surface area (TPSA) is 81.8 Å². The van der Waals surface area contributed by atoms with Crippen molar-refractivity contribution in [1.29, 1.82) is 0 Å². The van der Waals surface area contributed by atoms with Crippen LogP contribution in [0.2, 0.25) is 2.82 Å². The molecular formula is C20H33FN4O3S. The third-order valence-electron chi connectivity index (χ3n) is 3.66. The van der Waals surface area contributed by atoms with Crippen molar-refractivity contribution in [3.63, 3.8) is 0 Å². The maximum atomic E-state index is 14.8. The first kappa shape index (κ1) is 8.43. The fraction of sp³-hybridized carbons (Fsp3) is 0.650. The number of hydrogen-bond acceptors (Lipinski definition) is 5. The number of piperazine rings is 1. The first-order chi connectivity index (χ1) is 21.4. The number of carbonyl (C=O) groups is 1. The van der Waals surface area contributed by atoms with Crippen molar-refractivity contribution in [2.45, 2.75) is 33.4 Å². The molecule has 1 aromatic carbocycles. The van der Waals surface area contributed by atoms with E-state index in [4.69, 9.17) is 26.1 Å². The van der Waals surface area contributed by atoms with Crippen molar-refractivity contribution in [1.82, 2.24) is 9.62 Å². The minimum atomic E-state index is -5.90. The van der Waals surface area contributed by atoms with Gasteiger partial charge in [0.1, 0.15) is 7.23 Å². The third-order valence-corrected chi connectivity index (χ3v) is 4.55.